The first-order valence-electron chi connectivity index (χ1n) is 7.27. The Labute approximate surface area is 171 Å². The van der Waals surface area contributed by atoms with Gasteiger partial charge < -0.3 is 11.8 Å². The van der Waals surface area contributed by atoms with Crippen LogP contribution in [0.1, 0.15) is 29.8 Å². The van der Waals surface area contributed by atoms with Crippen LogP contribution in [-0.2, 0) is 11.0 Å². The molecule has 27 heavy (non-hydrogen) atoms. The van der Waals surface area contributed by atoms with Crippen molar-refractivity contribution in [2.75, 3.05) is 5.32 Å². The molecule has 0 aromatic heterocycles. The zero-order chi connectivity index (χ0) is 19.5. The van der Waals surface area contributed by atoms with E-state index in [1.54, 1.807) is 0 Å². The number of hydrogen-bond acceptors (Lipinski definition) is 2. The molecular weight excluding hydrogens is 378 g/mol. The Morgan fingerprint density at radius 1 is 1.15 bits per heavy atom. The zero-order valence-corrected chi connectivity index (χ0v) is 15.2. The molecule has 0 aliphatic carbocycles. The van der Waals surface area contributed by atoms with Crippen LogP contribution in [0, 0.1) is 0 Å². The van der Waals surface area contributed by atoms with Gasteiger partial charge in [-0.1, -0.05) is 23.7 Å². The van der Waals surface area contributed by atoms with E-state index in [2.05, 4.69) is 5.32 Å². The van der Waals surface area contributed by atoms with Gasteiger partial charge in [-0.2, -0.15) is 13.2 Å². The quantitative estimate of drug-likeness (QED) is 0.620. The van der Waals surface area contributed by atoms with Crippen molar-refractivity contribution in [2.45, 2.75) is 13.1 Å². The molecule has 4 nitrogen and oxygen atoms in total. The molecule has 0 aliphatic rings. The zero-order valence-electron chi connectivity index (χ0n) is 15.4. The first-order chi connectivity index (χ1) is 12.1. The van der Waals surface area contributed by atoms with Gasteiger partial charge in [-0.15, -0.1) is 0 Å². The van der Waals surface area contributed by atoms with Gasteiger partial charge in [0.25, 0.3) is 5.91 Å². The number of carbonyl (C=O) groups is 2. The summed E-state index contributed by atoms with van der Waals surface area (Å²) in [6, 6.07) is 8.24. The summed E-state index contributed by atoms with van der Waals surface area (Å²) in [7, 11) is 0. The van der Waals surface area contributed by atoms with Crippen LogP contribution in [-0.4, -0.2) is 17.0 Å². The maximum absolute atomic E-state index is 12.6. The third-order valence-corrected chi connectivity index (χ3v) is 3.67. The molecule has 138 valence electrons. The Balaban J connectivity index is 0.00000364. The minimum atomic E-state index is -4.44. The van der Waals surface area contributed by atoms with Crippen LogP contribution >= 0.6 is 11.6 Å². The van der Waals surface area contributed by atoms with Crippen LogP contribution in [0.4, 0.5) is 18.9 Å². The van der Waals surface area contributed by atoms with Crippen molar-refractivity contribution in [1.82, 2.24) is 0 Å². The standard InChI is InChI=1S/C18H13ClF3NO3.Li.H/c1-10(8-11-2-4-12(5-3-11)18(20,21)22)16(24)23-15-9-13(19)6-7-14(15)17(25)26;;/h2-9H,1H3,(H,23,24)(H,25,26);;/q;+1;-1. The predicted octanol–water partition coefficient (Wildman–Crippen LogP) is 2.22. The maximum atomic E-state index is 12.6. The largest absolute Gasteiger partial charge is 1.00 e. The van der Waals surface area contributed by atoms with Gasteiger partial charge >= 0.3 is 31.0 Å². The molecule has 0 unspecified atom stereocenters. The van der Waals surface area contributed by atoms with E-state index in [1.165, 1.54) is 43.3 Å². The molecule has 0 spiro atoms. The average molecular weight is 392 g/mol. The van der Waals surface area contributed by atoms with Gasteiger partial charge in [-0.3, -0.25) is 4.79 Å². The number of benzene rings is 2. The van der Waals surface area contributed by atoms with Crippen molar-refractivity contribution < 1.29 is 48.2 Å². The molecule has 0 fully saturated rings. The normalized spacial score (nSPS) is 11.5. The van der Waals surface area contributed by atoms with Gasteiger partial charge in [-0.05, 0) is 48.9 Å². The molecule has 2 aromatic rings. The van der Waals surface area contributed by atoms with Crippen LogP contribution in [0.25, 0.3) is 6.08 Å². The number of alkyl halides is 3. The fourth-order valence-electron chi connectivity index (χ4n) is 2.11. The van der Waals surface area contributed by atoms with E-state index in [0.29, 0.717) is 5.56 Å². The summed E-state index contributed by atoms with van der Waals surface area (Å²) in [5, 5.41) is 11.8. The number of aromatic carboxylic acids is 1. The molecular formula is C18H14ClF3LiNO3. The van der Waals surface area contributed by atoms with Crippen LogP contribution < -0.4 is 24.2 Å². The van der Waals surface area contributed by atoms with Crippen LogP contribution in [0.5, 0.6) is 0 Å². The van der Waals surface area contributed by atoms with Gasteiger partial charge in [0.1, 0.15) is 0 Å². The van der Waals surface area contributed by atoms with E-state index in [-0.39, 0.29) is 42.1 Å². The van der Waals surface area contributed by atoms with Gasteiger partial charge in [0.2, 0.25) is 0 Å². The Hall–Kier alpha value is -2.20. The molecule has 0 aliphatic heterocycles. The topological polar surface area (TPSA) is 66.4 Å². The second-order valence-electron chi connectivity index (χ2n) is 5.40. The van der Waals surface area contributed by atoms with E-state index in [9.17, 15) is 22.8 Å². The predicted molar refractivity (Wildman–Crippen MR) is 93.2 cm³/mol. The second kappa shape index (κ2) is 9.13. The molecule has 0 radical (unpaired) electrons. The summed E-state index contributed by atoms with van der Waals surface area (Å²) in [5.74, 6) is -1.84. The number of carboxylic acid groups (broad SMARTS) is 1. The molecule has 2 N–H and O–H groups in total. The summed E-state index contributed by atoms with van der Waals surface area (Å²) in [6.45, 7) is 1.46. The molecule has 2 rings (SSSR count). The minimum absolute atomic E-state index is 0. The van der Waals surface area contributed by atoms with Crippen molar-refractivity contribution in [3.05, 3.63) is 69.8 Å². The number of carboxylic acids is 1. The summed E-state index contributed by atoms with van der Waals surface area (Å²) >= 11 is 5.82. The Morgan fingerprint density at radius 3 is 2.26 bits per heavy atom. The summed E-state index contributed by atoms with van der Waals surface area (Å²) in [5.41, 5.74) is -0.321. The van der Waals surface area contributed by atoms with Gasteiger partial charge in [0, 0.05) is 10.6 Å². The summed E-state index contributed by atoms with van der Waals surface area (Å²) < 4.78 is 37.7. The molecule has 0 bridgehead atoms. The van der Waals surface area contributed by atoms with Crippen molar-refractivity contribution in [3.63, 3.8) is 0 Å². The van der Waals surface area contributed by atoms with E-state index in [1.807, 2.05) is 0 Å². The smallest absolute Gasteiger partial charge is 1.00 e. The van der Waals surface area contributed by atoms with Gasteiger partial charge in [0.15, 0.2) is 0 Å². The fourth-order valence-corrected chi connectivity index (χ4v) is 2.28. The maximum Gasteiger partial charge on any atom is 1.00 e. The van der Waals surface area contributed by atoms with Crippen molar-refractivity contribution >= 4 is 35.2 Å². The van der Waals surface area contributed by atoms with Gasteiger partial charge in [0.05, 0.1) is 16.8 Å². The monoisotopic (exact) mass is 391 g/mol. The average Bonchev–Trinajstić information content (AvgIpc) is 2.54. The third kappa shape index (κ3) is 6.17. The molecule has 0 heterocycles. The molecule has 2 aromatic carbocycles. The van der Waals surface area contributed by atoms with Gasteiger partial charge in [-0.25, -0.2) is 4.79 Å². The Kier molecular flexibility index (Phi) is 7.73. The van der Waals surface area contributed by atoms with Crippen molar-refractivity contribution in [2.24, 2.45) is 0 Å². The van der Waals surface area contributed by atoms with E-state index in [0.717, 1.165) is 12.1 Å². The molecule has 0 saturated heterocycles. The molecule has 9 heteroatoms. The van der Waals surface area contributed by atoms with Crippen LogP contribution in [0.15, 0.2) is 48.0 Å². The number of halogens is 4. The number of hydrogen-bond donors (Lipinski definition) is 2. The Morgan fingerprint density at radius 2 is 1.74 bits per heavy atom. The van der Waals surface area contributed by atoms with E-state index < -0.39 is 23.6 Å². The number of anilines is 1. The fraction of sp³-hybridized carbons (Fsp3) is 0.111. The number of carbonyl (C=O) groups excluding carboxylic acids is 1. The van der Waals surface area contributed by atoms with E-state index >= 15 is 0 Å². The second-order valence-corrected chi connectivity index (χ2v) is 5.83. The first-order valence-corrected chi connectivity index (χ1v) is 7.65. The van der Waals surface area contributed by atoms with E-state index in [4.69, 9.17) is 16.7 Å². The molecule has 0 atom stereocenters. The summed E-state index contributed by atoms with van der Waals surface area (Å²) in [6.07, 6.45) is -3.05. The summed E-state index contributed by atoms with van der Waals surface area (Å²) in [4.78, 5) is 23.4. The Bertz CT molecular complexity index is 887. The molecule has 1 amide bonds. The number of amides is 1. The van der Waals surface area contributed by atoms with Crippen LogP contribution in [0.2, 0.25) is 5.02 Å². The van der Waals surface area contributed by atoms with Crippen molar-refractivity contribution in [3.8, 4) is 0 Å². The van der Waals surface area contributed by atoms with Crippen molar-refractivity contribution in [1.29, 1.82) is 0 Å². The first kappa shape index (κ1) is 22.8. The minimum Gasteiger partial charge on any atom is -1.00 e. The number of nitrogens with one attached hydrogen (secondary N) is 1. The van der Waals surface area contributed by atoms with Crippen LogP contribution in [0.3, 0.4) is 0 Å². The number of rotatable bonds is 4. The SMILES string of the molecule is CC(=Cc1ccc(C(F)(F)F)cc1)C(=O)Nc1cc(Cl)ccc1C(=O)O.[H-].[Li+]. The molecule has 0 saturated carbocycles. The third-order valence-electron chi connectivity index (χ3n) is 3.44.